The number of nitrogens with zero attached hydrogens (tertiary/aromatic N) is 2. The summed E-state index contributed by atoms with van der Waals surface area (Å²) in [5.74, 6) is 0.951. The highest BCUT2D eigenvalue weighted by Gasteiger charge is 2.28. The maximum atomic E-state index is 12.7. The normalized spacial score (nSPS) is 20.9. The molecule has 1 saturated carbocycles. The van der Waals surface area contributed by atoms with Gasteiger partial charge >= 0.3 is 0 Å². The lowest BCUT2D eigenvalue weighted by molar-refractivity contribution is 0.0674. The number of piperidine rings is 1. The SMILES string of the molecule is CNCC1CCN(C(=O)c2cccn2C2CCC2)CC1. The molecule has 1 saturated heterocycles. The van der Waals surface area contributed by atoms with Crippen LogP contribution in [0.25, 0.3) is 0 Å². The van der Waals surface area contributed by atoms with Gasteiger partial charge in [0.1, 0.15) is 5.69 Å². The average molecular weight is 275 g/mol. The molecule has 4 nitrogen and oxygen atoms in total. The van der Waals surface area contributed by atoms with Gasteiger partial charge in [-0.05, 0) is 63.7 Å². The lowest BCUT2D eigenvalue weighted by atomic mass is 9.92. The molecule has 1 aromatic rings. The van der Waals surface area contributed by atoms with Crippen LogP contribution in [-0.4, -0.2) is 42.1 Å². The first-order valence-electron chi connectivity index (χ1n) is 7.90. The molecule has 20 heavy (non-hydrogen) atoms. The third-order valence-electron chi connectivity index (χ3n) is 4.86. The Hall–Kier alpha value is -1.29. The predicted molar refractivity (Wildman–Crippen MR) is 79.9 cm³/mol. The fourth-order valence-electron chi connectivity index (χ4n) is 3.35. The second-order valence-electron chi connectivity index (χ2n) is 6.18. The van der Waals surface area contributed by atoms with Gasteiger partial charge in [0.25, 0.3) is 5.91 Å². The summed E-state index contributed by atoms with van der Waals surface area (Å²) in [4.78, 5) is 14.7. The van der Waals surface area contributed by atoms with E-state index < -0.39 is 0 Å². The molecule has 1 aliphatic heterocycles. The van der Waals surface area contributed by atoms with Gasteiger partial charge in [0, 0.05) is 25.3 Å². The third kappa shape index (κ3) is 2.62. The van der Waals surface area contributed by atoms with Crippen LogP contribution < -0.4 is 5.32 Å². The predicted octanol–water partition coefficient (Wildman–Crippen LogP) is 2.28. The summed E-state index contributed by atoms with van der Waals surface area (Å²) in [5, 5.41) is 3.24. The smallest absolute Gasteiger partial charge is 0.270 e. The molecule has 1 aliphatic carbocycles. The first-order valence-corrected chi connectivity index (χ1v) is 7.90. The highest BCUT2D eigenvalue weighted by Crippen LogP contribution is 2.33. The topological polar surface area (TPSA) is 37.3 Å². The lowest BCUT2D eigenvalue weighted by Crippen LogP contribution is -2.41. The van der Waals surface area contributed by atoms with Gasteiger partial charge in [-0.2, -0.15) is 0 Å². The van der Waals surface area contributed by atoms with Crippen LogP contribution in [-0.2, 0) is 0 Å². The zero-order chi connectivity index (χ0) is 13.9. The van der Waals surface area contributed by atoms with Crippen LogP contribution in [0.3, 0.4) is 0 Å². The van der Waals surface area contributed by atoms with E-state index >= 15 is 0 Å². The number of carbonyl (C=O) groups excluding carboxylic acids is 1. The van der Waals surface area contributed by atoms with E-state index in [9.17, 15) is 4.79 Å². The Bertz CT molecular complexity index is 456. The van der Waals surface area contributed by atoms with Crippen LogP contribution in [0.1, 0.15) is 48.6 Å². The summed E-state index contributed by atoms with van der Waals surface area (Å²) in [6, 6.07) is 4.56. The fourth-order valence-corrected chi connectivity index (χ4v) is 3.35. The molecule has 2 heterocycles. The van der Waals surface area contributed by atoms with Crippen LogP contribution >= 0.6 is 0 Å². The van der Waals surface area contributed by atoms with Crippen molar-refractivity contribution < 1.29 is 4.79 Å². The molecule has 0 aromatic carbocycles. The number of likely N-dealkylation sites (tertiary alicyclic amines) is 1. The van der Waals surface area contributed by atoms with Crippen molar-refractivity contribution in [3.63, 3.8) is 0 Å². The van der Waals surface area contributed by atoms with Crippen molar-refractivity contribution >= 4 is 5.91 Å². The Labute approximate surface area is 121 Å². The molecule has 2 aliphatic rings. The number of rotatable bonds is 4. The summed E-state index contributed by atoms with van der Waals surface area (Å²) in [7, 11) is 2.00. The Balaban J connectivity index is 1.63. The fraction of sp³-hybridized carbons (Fsp3) is 0.688. The van der Waals surface area contributed by atoms with E-state index in [4.69, 9.17) is 0 Å². The molecular formula is C16H25N3O. The van der Waals surface area contributed by atoms with E-state index in [0.717, 1.165) is 44.1 Å². The van der Waals surface area contributed by atoms with Crippen molar-refractivity contribution in [1.82, 2.24) is 14.8 Å². The molecule has 3 rings (SSSR count). The molecule has 0 spiro atoms. The zero-order valence-corrected chi connectivity index (χ0v) is 12.3. The Kier molecular flexibility index (Phi) is 4.10. The minimum absolute atomic E-state index is 0.227. The molecule has 1 N–H and O–H groups in total. The van der Waals surface area contributed by atoms with Crippen LogP contribution in [0.4, 0.5) is 0 Å². The Morgan fingerprint density at radius 1 is 1.30 bits per heavy atom. The van der Waals surface area contributed by atoms with Crippen LogP contribution in [0.2, 0.25) is 0 Å². The number of amides is 1. The van der Waals surface area contributed by atoms with E-state index in [2.05, 4.69) is 16.1 Å². The highest BCUT2D eigenvalue weighted by atomic mass is 16.2. The number of carbonyl (C=O) groups is 1. The minimum Gasteiger partial charge on any atom is -0.340 e. The van der Waals surface area contributed by atoms with Gasteiger partial charge < -0.3 is 14.8 Å². The largest absolute Gasteiger partial charge is 0.340 e. The van der Waals surface area contributed by atoms with Crippen molar-refractivity contribution in [3.8, 4) is 0 Å². The standard InChI is InChI=1S/C16H25N3O/c1-17-12-13-7-10-18(11-8-13)16(20)15-6-3-9-19(15)14-4-2-5-14/h3,6,9,13-14,17H,2,4-5,7-8,10-12H2,1H3. The van der Waals surface area contributed by atoms with Gasteiger partial charge in [-0.15, -0.1) is 0 Å². The Morgan fingerprint density at radius 2 is 2.05 bits per heavy atom. The maximum Gasteiger partial charge on any atom is 0.270 e. The second-order valence-corrected chi connectivity index (χ2v) is 6.18. The van der Waals surface area contributed by atoms with Crippen LogP contribution in [0, 0.1) is 5.92 Å². The molecule has 1 amide bonds. The number of hydrogen-bond acceptors (Lipinski definition) is 2. The lowest BCUT2D eigenvalue weighted by Gasteiger charge is -2.34. The first-order chi connectivity index (χ1) is 9.79. The van der Waals surface area contributed by atoms with Crippen molar-refractivity contribution in [2.45, 2.75) is 38.1 Å². The van der Waals surface area contributed by atoms with Crippen LogP contribution in [0.15, 0.2) is 18.3 Å². The molecular weight excluding hydrogens is 250 g/mol. The van der Waals surface area contributed by atoms with Gasteiger partial charge in [-0.3, -0.25) is 4.79 Å². The highest BCUT2D eigenvalue weighted by molar-refractivity contribution is 5.92. The molecule has 0 bridgehead atoms. The summed E-state index contributed by atoms with van der Waals surface area (Å²) >= 11 is 0. The molecule has 0 radical (unpaired) electrons. The maximum absolute atomic E-state index is 12.7. The van der Waals surface area contributed by atoms with E-state index in [1.165, 1.54) is 19.3 Å². The van der Waals surface area contributed by atoms with Gasteiger partial charge in [0.15, 0.2) is 0 Å². The van der Waals surface area contributed by atoms with Crippen molar-refractivity contribution in [2.24, 2.45) is 5.92 Å². The third-order valence-corrected chi connectivity index (χ3v) is 4.86. The first kappa shape index (κ1) is 13.7. The molecule has 2 fully saturated rings. The zero-order valence-electron chi connectivity index (χ0n) is 12.3. The molecule has 4 heteroatoms. The van der Waals surface area contributed by atoms with Crippen molar-refractivity contribution in [1.29, 1.82) is 0 Å². The van der Waals surface area contributed by atoms with Gasteiger partial charge in [-0.25, -0.2) is 0 Å². The summed E-state index contributed by atoms with van der Waals surface area (Å²) in [5.41, 5.74) is 0.891. The van der Waals surface area contributed by atoms with Crippen molar-refractivity contribution in [3.05, 3.63) is 24.0 Å². The molecule has 1 aromatic heterocycles. The molecule has 110 valence electrons. The number of aromatic nitrogens is 1. The average Bonchev–Trinajstić information content (AvgIpc) is 2.86. The minimum atomic E-state index is 0.227. The molecule has 0 atom stereocenters. The van der Waals surface area contributed by atoms with Gasteiger partial charge in [0.05, 0.1) is 0 Å². The Morgan fingerprint density at radius 3 is 2.65 bits per heavy atom. The number of nitrogens with one attached hydrogen (secondary N) is 1. The quantitative estimate of drug-likeness (QED) is 0.915. The summed E-state index contributed by atoms with van der Waals surface area (Å²) in [6.07, 6.45) is 8.06. The summed E-state index contributed by atoms with van der Waals surface area (Å²) < 4.78 is 2.20. The van der Waals surface area contributed by atoms with Gasteiger partial charge in [-0.1, -0.05) is 0 Å². The number of hydrogen-bond donors (Lipinski definition) is 1. The van der Waals surface area contributed by atoms with E-state index in [1.807, 2.05) is 24.1 Å². The van der Waals surface area contributed by atoms with E-state index in [-0.39, 0.29) is 5.91 Å². The summed E-state index contributed by atoms with van der Waals surface area (Å²) in [6.45, 7) is 2.88. The second kappa shape index (κ2) is 6.00. The van der Waals surface area contributed by atoms with Crippen molar-refractivity contribution in [2.75, 3.05) is 26.7 Å². The van der Waals surface area contributed by atoms with E-state index in [1.54, 1.807) is 0 Å². The van der Waals surface area contributed by atoms with Gasteiger partial charge in [0.2, 0.25) is 0 Å². The van der Waals surface area contributed by atoms with Crippen LogP contribution in [0.5, 0.6) is 0 Å². The monoisotopic (exact) mass is 275 g/mol. The van der Waals surface area contributed by atoms with E-state index in [0.29, 0.717) is 6.04 Å². The molecule has 0 unspecified atom stereocenters.